The van der Waals surface area contributed by atoms with Crippen LogP contribution in [0.4, 0.5) is 10.6 Å². The minimum absolute atomic E-state index is 0.0702. The summed E-state index contributed by atoms with van der Waals surface area (Å²) >= 11 is 0. The van der Waals surface area contributed by atoms with Crippen molar-refractivity contribution in [3.63, 3.8) is 0 Å². The van der Waals surface area contributed by atoms with Gasteiger partial charge < -0.3 is 23.7 Å². The lowest BCUT2D eigenvalue weighted by Gasteiger charge is -2.52. The molecule has 10 nitrogen and oxygen atoms in total. The quantitative estimate of drug-likeness (QED) is 0.327. The molecule has 4 heterocycles. The highest BCUT2D eigenvalue weighted by Crippen LogP contribution is 2.52. The molecule has 2 bridgehead atoms. The Kier molecular flexibility index (Phi) is 8.02. The molecule has 230 valence electrons. The molecule has 1 amide bonds. The summed E-state index contributed by atoms with van der Waals surface area (Å²) in [4.78, 5) is 29.6. The Balaban J connectivity index is 1.37. The van der Waals surface area contributed by atoms with Crippen LogP contribution < -0.4 is 15.2 Å². The molecule has 5 rings (SSSR count). The molecule has 2 aliphatic rings. The monoisotopic (exact) mass is 589 g/mol. The van der Waals surface area contributed by atoms with E-state index in [1.54, 1.807) is 26.4 Å². The number of pyridine rings is 1. The highest BCUT2D eigenvalue weighted by Gasteiger charge is 2.59. The maximum absolute atomic E-state index is 13.3. The van der Waals surface area contributed by atoms with Crippen LogP contribution in [0.3, 0.4) is 0 Å². The van der Waals surface area contributed by atoms with Gasteiger partial charge in [0.2, 0.25) is 0 Å². The molecule has 2 fully saturated rings. The molecule has 0 radical (unpaired) electrons. The van der Waals surface area contributed by atoms with Gasteiger partial charge in [0, 0.05) is 56.2 Å². The van der Waals surface area contributed by atoms with E-state index >= 15 is 0 Å². The molecule has 3 atom stereocenters. The molecule has 0 saturated carbocycles. The predicted molar refractivity (Wildman–Crippen MR) is 166 cm³/mol. The number of piperidine rings is 1. The Morgan fingerprint density at radius 1 is 1.02 bits per heavy atom. The summed E-state index contributed by atoms with van der Waals surface area (Å²) in [5.41, 5.74) is 1.88. The third kappa shape index (κ3) is 6.11. The van der Waals surface area contributed by atoms with Gasteiger partial charge in [-0.3, -0.25) is 9.69 Å². The number of anilines is 1. The predicted octanol–water partition coefficient (Wildman–Crippen LogP) is 5.64. The average Bonchev–Trinajstić information content (AvgIpc) is 3.12. The minimum Gasteiger partial charge on any atom is -0.467 e. The van der Waals surface area contributed by atoms with Crippen LogP contribution >= 0.6 is 0 Å². The Bertz CT molecular complexity index is 1530. The van der Waals surface area contributed by atoms with Crippen molar-refractivity contribution in [2.24, 2.45) is 7.05 Å². The van der Waals surface area contributed by atoms with Crippen molar-refractivity contribution in [2.75, 3.05) is 25.9 Å². The van der Waals surface area contributed by atoms with E-state index in [1.807, 2.05) is 62.1 Å². The van der Waals surface area contributed by atoms with E-state index in [0.717, 1.165) is 48.2 Å². The van der Waals surface area contributed by atoms with Crippen LogP contribution in [0.5, 0.6) is 5.75 Å². The number of hydrogen-bond acceptors (Lipinski definition) is 8. The summed E-state index contributed by atoms with van der Waals surface area (Å²) in [6.45, 7) is 10.2. The molecule has 43 heavy (non-hydrogen) atoms. The molecule has 2 aromatic heterocycles. The molecule has 0 aliphatic carbocycles. The molecular weight excluding hydrogens is 546 g/mol. The second-order valence-electron chi connectivity index (χ2n) is 13.4. The minimum atomic E-state index is -0.538. The van der Waals surface area contributed by atoms with Crippen LogP contribution in [-0.4, -0.2) is 69.4 Å². The first kappa shape index (κ1) is 30.5. The lowest BCUT2D eigenvalue weighted by Crippen LogP contribution is -2.63. The average molecular weight is 590 g/mol. The van der Waals surface area contributed by atoms with Gasteiger partial charge in [-0.25, -0.2) is 4.79 Å². The molecule has 0 spiro atoms. The van der Waals surface area contributed by atoms with Gasteiger partial charge in [0.15, 0.2) is 12.6 Å². The van der Waals surface area contributed by atoms with E-state index in [2.05, 4.69) is 36.0 Å². The van der Waals surface area contributed by atoms with Gasteiger partial charge >= 0.3 is 6.09 Å². The largest absolute Gasteiger partial charge is 0.467 e. The summed E-state index contributed by atoms with van der Waals surface area (Å²) in [5, 5.41) is 9.19. The molecule has 1 aromatic carbocycles. The van der Waals surface area contributed by atoms with Gasteiger partial charge in [-0.2, -0.15) is 0 Å². The fourth-order valence-corrected chi connectivity index (χ4v) is 6.64. The number of carbonyl (C=O) groups excluding carboxylic acids is 1. The molecule has 0 N–H and O–H groups in total. The van der Waals surface area contributed by atoms with Crippen molar-refractivity contribution in [3.8, 4) is 28.1 Å². The summed E-state index contributed by atoms with van der Waals surface area (Å²) < 4.78 is 18.4. The Morgan fingerprint density at radius 2 is 1.70 bits per heavy atom. The molecule has 10 heteroatoms. The number of methoxy groups -OCH3 is 1. The number of amides is 1. The van der Waals surface area contributed by atoms with Crippen molar-refractivity contribution in [1.82, 2.24) is 19.7 Å². The topological polar surface area (TPSA) is 99.0 Å². The first-order valence-electron chi connectivity index (χ1n) is 14.8. The fourth-order valence-electron chi connectivity index (χ4n) is 6.64. The number of ether oxygens (including phenoxy) is 3. The van der Waals surface area contributed by atoms with Crippen LogP contribution in [0, 0.1) is 0 Å². The van der Waals surface area contributed by atoms with Crippen LogP contribution in [-0.2, 0) is 16.5 Å². The number of aromatic nitrogens is 3. The van der Waals surface area contributed by atoms with Crippen molar-refractivity contribution in [3.05, 3.63) is 59.0 Å². The lowest BCUT2D eigenvalue weighted by atomic mass is 9.82. The number of hydrogen-bond donors (Lipinski definition) is 0. The summed E-state index contributed by atoms with van der Waals surface area (Å²) in [5.74, 6) is 1.35. The van der Waals surface area contributed by atoms with Crippen LogP contribution in [0.1, 0.15) is 60.3 Å². The maximum Gasteiger partial charge on any atom is 0.411 e. The first-order valence-corrected chi connectivity index (χ1v) is 14.8. The third-order valence-corrected chi connectivity index (χ3v) is 8.80. The van der Waals surface area contributed by atoms with Gasteiger partial charge in [0.1, 0.15) is 11.4 Å². The van der Waals surface area contributed by atoms with E-state index < -0.39 is 5.60 Å². The number of fused-ring (bicyclic) bond motifs is 2. The van der Waals surface area contributed by atoms with Crippen molar-refractivity contribution < 1.29 is 19.0 Å². The summed E-state index contributed by atoms with van der Waals surface area (Å²) in [6.07, 6.45) is 5.04. The summed E-state index contributed by atoms with van der Waals surface area (Å²) in [6, 6.07) is 13.4. The maximum atomic E-state index is 13.3. The normalized spacial score (nSPS) is 23.3. The molecule has 2 saturated heterocycles. The van der Waals surface area contributed by atoms with Crippen LogP contribution in [0.15, 0.2) is 53.5 Å². The van der Waals surface area contributed by atoms with Crippen molar-refractivity contribution in [2.45, 2.75) is 83.0 Å². The summed E-state index contributed by atoms with van der Waals surface area (Å²) in [7, 11) is 5.34. The molecular formula is C33H43N5O5. The van der Waals surface area contributed by atoms with Gasteiger partial charge in [0.25, 0.3) is 5.56 Å². The van der Waals surface area contributed by atoms with Gasteiger partial charge in [-0.05, 0) is 102 Å². The van der Waals surface area contributed by atoms with E-state index in [4.69, 9.17) is 14.2 Å². The van der Waals surface area contributed by atoms with E-state index in [1.165, 1.54) is 4.57 Å². The Labute approximate surface area is 253 Å². The van der Waals surface area contributed by atoms with E-state index in [9.17, 15) is 9.59 Å². The zero-order chi connectivity index (χ0) is 31.2. The molecule has 3 aromatic rings. The van der Waals surface area contributed by atoms with Crippen molar-refractivity contribution in [1.29, 1.82) is 0 Å². The van der Waals surface area contributed by atoms with E-state index in [-0.39, 0.29) is 35.6 Å². The number of rotatable bonds is 7. The zero-order valence-corrected chi connectivity index (χ0v) is 26.5. The molecule has 0 unspecified atom stereocenters. The highest BCUT2D eigenvalue weighted by atomic mass is 16.7. The zero-order valence-electron chi connectivity index (χ0n) is 26.5. The third-order valence-electron chi connectivity index (χ3n) is 8.80. The number of aryl methyl sites for hydroxylation is 1. The van der Waals surface area contributed by atoms with Gasteiger partial charge in [0.05, 0.1) is 5.69 Å². The van der Waals surface area contributed by atoms with Gasteiger partial charge in [-0.1, -0.05) is 6.07 Å². The first-order chi connectivity index (χ1) is 20.2. The van der Waals surface area contributed by atoms with Crippen LogP contribution in [0.25, 0.3) is 22.4 Å². The Hall–Kier alpha value is -3.92. The lowest BCUT2D eigenvalue weighted by molar-refractivity contribution is -0.0357. The number of carbonyl (C=O) groups is 1. The van der Waals surface area contributed by atoms with Crippen molar-refractivity contribution >= 4 is 11.9 Å². The second-order valence-corrected chi connectivity index (χ2v) is 13.4. The van der Waals surface area contributed by atoms with Crippen LogP contribution in [0.2, 0.25) is 0 Å². The molecule has 2 aliphatic heterocycles. The Morgan fingerprint density at radius 3 is 2.28 bits per heavy atom. The van der Waals surface area contributed by atoms with E-state index in [0.29, 0.717) is 11.4 Å². The number of benzene rings is 1. The number of nitrogens with zero attached hydrogens (tertiary/aromatic N) is 5. The van der Waals surface area contributed by atoms with Gasteiger partial charge in [-0.15, -0.1) is 10.2 Å². The SMILES string of the molecule is COCOc1cc(-c2ccn(C)c(=O)c2)ccc1-c1ccc(N(C)[C@H]2C[C@]3(C)CC[C@](C)(C2)N3C(=O)OC(C)(C)C)nn1. The fraction of sp³-hybridized carbons (Fsp3) is 0.515. The standard InChI is InChI=1S/C33H43N5O5/c1-31(2,3)43-30(40)38-32(4)14-15-33(38,5)20-24(19-32)37(7)28-12-11-26(34-35-28)25-10-9-22(17-27(25)42-21-41-8)23-13-16-36(6)29(39)18-23/h9-13,16-18,24H,14-15,19-21H2,1-8H3/t24-,32-,33+. The second kappa shape index (κ2) is 11.3. The highest BCUT2D eigenvalue weighted by molar-refractivity contribution is 5.75. The smallest absolute Gasteiger partial charge is 0.411 e.